The average Bonchev–Trinajstić information content (AvgIpc) is 2.67. The SMILES string of the molecule is COc1cc2[nH]c(=O)c(C(=O)N[C@@H](C)c3ccccc3)c(O)c2cc1OC. The summed E-state index contributed by atoms with van der Waals surface area (Å²) in [6, 6.07) is 12.0. The van der Waals surface area contributed by atoms with Crippen LogP contribution >= 0.6 is 0 Å². The number of aromatic nitrogens is 1. The number of ether oxygens (including phenoxy) is 2. The number of hydrogen-bond donors (Lipinski definition) is 3. The molecule has 3 aromatic rings. The third-order valence-electron chi connectivity index (χ3n) is 4.37. The number of nitrogens with one attached hydrogen (secondary N) is 2. The van der Waals surface area contributed by atoms with Crippen LogP contribution in [0, 0.1) is 0 Å². The Balaban J connectivity index is 2.03. The summed E-state index contributed by atoms with van der Waals surface area (Å²) < 4.78 is 10.4. The maximum atomic E-state index is 12.6. The van der Waals surface area contributed by atoms with Crippen molar-refractivity contribution in [2.45, 2.75) is 13.0 Å². The van der Waals surface area contributed by atoms with Crippen molar-refractivity contribution in [3.05, 3.63) is 63.9 Å². The minimum absolute atomic E-state index is 0.282. The molecule has 0 fully saturated rings. The molecule has 0 aliphatic heterocycles. The first-order valence-corrected chi connectivity index (χ1v) is 8.33. The van der Waals surface area contributed by atoms with Crippen LogP contribution in [0.2, 0.25) is 0 Å². The number of hydrogen-bond acceptors (Lipinski definition) is 5. The number of carbonyl (C=O) groups is 1. The minimum atomic E-state index is -0.690. The zero-order valence-corrected chi connectivity index (χ0v) is 15.2. The molecule has 1 aromatic heterocycles. The van der Waals surface area contributed by atoms with Gasteiger partial charge in [0.2, 0.25) is 0 Å². The molecule has 0 bridgehead atoms. The molecule has 0 saturated carbocycles. The Hall–Kier alpha value is -3.48. The molecule has 1 heterocycles. The quantitative estimate of drug-likeness (QED) is 0.643. The highest BCUT2D eigenvalue weighted by Crippen LogP contribution is 2.35. The molecular weight excluding hydrogens is 348 g/mol. The van der Waals surface area contributed by atoms with Gasteiger partial charge in [0.05, 0.1) is 25.8 Å². The topological polar surface area (TPSA) is 101 Å². The fraction of sp³-hybridized carbons (Fsp3) is 0.200. The predicted molar refractivity (Wildman–Crippen MR) is 102 cm³/mol. The molecule has 0 saturated heterocycles. The number of aromatic hydroxyl groups is 1. The lowest BCUT2D eigenvalue weighted by Gasteiger charge is -2.15. The van der Waals surface area contributed by atoms with Gasteiger partial charge in [-0.2, -0.15) is 0 Å². The molecular formula is C20H20N2O5. The Bertz CT molecular complexity index is 1040. The van der Waals surface area contributed by atoms with Crippen molar-refractivity contribution in [2.24, 2.45) is 0 Å². The summed E-state index contributed by atoms with van der Waals surface area (Å²) in [6.45, 7) is 1.80. The highest BCUT2D eigenvalue weighted by atomic mass is 16.5. The molecule has 0 spiro atoms. The molecule has 0 aliphatic carbocycles. The molecule has 7 heteroatoms. The van der Waals surface area contributed by atoms with Gasteiger partial charge in [0.15, 0.2) is 11.5 Å². The van der Waals surface area contributed by atoms with E-state index in [4.69, 9.17) is 9.47 Å². The van der Waals surface area contributed by atoms with Crippen molar-refractivity contribution < 1.29 is 19.4 Å². The van der Waals surface area contributed by atoms with Crippen molar-refractivity contribution >= 4 is 16.8 Å². The monoisotopic (exact) mass is 368 g/mol. The molecule has 140 valence electrons. The summed E-state index contributed by atoms with van der Waals surface area (Å²) in [4.78, 5) is 27.7. The number of fused-ring (bicyclic) bond motifs is 1. The lowest BCUT2D eigenvalue weighted by Crippen LogP contribution is -2.31. The summed E-state index contributed by atoms with van der Waals surface area (Å²) >= 11 is 0. The van der Waals surface area contributed by atoms with Gasteiger partial charge in [-0.25, -0.2) is 0 Å². The molecule has 0 radical (unpaired) electrons. The van der Waals surface area contributed by atoms with E-state index in [1.807, 2.05) is 30.3 Å². The van der Waals surface area contributed by atoms with Crippen LogP contribution in [-0.4, -0.2) is 30.2 Å². The van der Waals surface area contributed by atoms with Gasteiger partial charge >= 0.3 is 0 Å². The lowest BCUT2D eigenvalue weighted by atomic mass is 10.1. The average molecular weight is 368 g/mol. The van der Waals surface area contributed by atoms with Crippen LogP contribution in [0.15, 0.2) is 47.3 Å². The van der Waals surface area contributed by atoms with E-state index in [0.29, 0.717) is 17.0 Å². The fourth-order valence-electron chi connectivity index (χ4n) is 2.91. The molecule has 1 amide bonds. The number of amides is 1. The Morgan fingerprint density at radius 2 is 1.74 bits per heavy atom. The Kier molecular flexibility index (Phi) is 5.03. The van der Waals surface area contributed by atoms with E-state index in [-0.39, 0.29) is 17.0 Å². The molecule has 2 aromatic carbocycles. The van der Waals surface area contributed by atoms with Crippen LogP contribution in [0.5, 0.6) is 17.2 Å². The van der Waals surface area contributed by atoms with Gasteiger partial charge in [-0.1, -0.05) is 30.3 Å². The van der Waals surface area contributed by atoms with Gasteiger partial charge in [-0.15, -0.1) is 0 Å². The van der Waals surface area contributed by atoms with Gasteiger partial charge in [0.25, 0.3) is 11.5 Å². The van der Waals surface area contributed by atoms with Crippen LogP contribution in [0.1, 0.15) is 28.9 Å². The second kappa shape index (κ2) is 7.41. The third-order valence-corrected chi connectivity index (χ3v) is 4.37. The van der Waals surface area contributed by atoms with Crippen molar-refractivity contribution in [1.29, 1.82) is 0 Å². The van der Waals surface area contributed by atoms with Gasteiger partial charge < -0.3 is 24.9 Å². The van der Waals surface area contributed by atoms with Crippen LogP contribution in [0.4, 0.5) is 0 Å². The second-order valence-corrected chi connectivity index (χ2v) is 6.04. The highest BCUT2D eigenvalue weighted by molar-refractivity contribution is 6.02. The van der Waals surface area contributed by atoms with Crippen LogP contribution in [-0.2, 0) is 0 Å². The lowest BCUT2D eigenvalue weighted by molar-refractivity contribution is 0.0936. The van der Waals surface area contributed by atoms with Crippen LogP contribution < -0.4 is 20.3 Å². The summed E-state index contributed by atoms with van der Waals surface area (Å²) in [5.41, 5.74) is 0.180. The second-order valence-electron chi connectivity index (χ2n) is 6.04. The van der Waals surface area contributed by atoms with Crippen LogP contribution in [0.3, 0.4) is 0 Å². The maximum absolute atomic E-state index is 12.6. The summed E-state index contributed by atoms with van der Waals surface area (Å²) in [7, 11) is 2.93. The molecule has 0 unspecified atom stereocenters. The van der Waals surface area contributed by atoms with Gasteiger partial charge in [-0.05, 0) is 18.6 Å². The number of methoxy groups -OCH3 is 2. The van der Waals surface area contributed by atoms with Crippen molar-refractivity contribution in [1.82, 2.24) is 10.3 Å². The third kappa shape index (κ3) is 3.44. The number of rotatable bonds is 5. The first-order chi connectivity index (χ1) is 13.0. The van der Waals surface area contributed by atoms with Gasteiger partial charge in [-0.3, -0.25) is 9.59 Å². The molecule has 3 rings (SSSR count). The summed E-state index contributed by atoms with van der Waals surface area (Å²) in [5.74, 6) is -0.305. The van der Waals surface area contributed by atoms with E-state index in [9.17, 15) is 14.7 Å². The van der Waals surface area contributed by atoms with E-state index in [2.05, 4.69) is 10.3 Å². The maximum Gasteiger partial charge on any atom is 0.265 e. The first kappa shape index (κ1) is 18.3. The van der Waals surface area contributed by atoms with E-state index in [1.54, 1.807) is 6.92 Å². The fourth-order valence-corrected chi connectivity index (χ4v) is 2.91. The smallest absolute Gasteiger partial charge is 0.265 e. The standard InChI is InChI=1S/C20H20N2O5/c1-11(12-7-5-4-6-8-12)21-19(24)17-18(23)13-9-15(26-2)16(27-3)10-14(13)22-20(17)25/h4-11H,1-3H3,(H,21,24)(H2,22,23,25)/t11-/m0/s1. The molecule has 0 aliphatic rings. The van der Waals surface area contributed by atoms with Gasteiger partial charge in [0.1, 0.15) is 11.3 Å². The molecule has 7 nitrogen and oxygen atoms in total. The molecule has 1 atom stereocenters. The first-order valence-electron chi connectivity index (χ1n) is 8.33. The van der Waals surface area contributed by atoms with Crippen molar-refractivity contribution in [3.8, 4) is 17.2 Å². The zero-order chi connectivity index (χ0) is 19.6. The zero-order valence-electron chi connectivity index (χ0n) is 15.2. The number of benzene rings is 2. The highest BCUT2D eigenvalue weighted by Gasteiger charge is 2.22. The van der Waals surface area contributed by atoms with Crippen LogP contribution in [0.25, 0.3) is 10.9 Å². The van der Waals surface area contributed by atoms with E-state index < -0.39 is 17.2 Å². The summed E-state index contributed by atoms with van der Waals surface area (Å²) in [5, 5.41) is 13.6. The van der Waals surface area contributed by atoms with E-state index in [1.165, 1.54) is 26.4 Å². The Labute approximate surface area is 155 Å². The molecule has 27 heavy (non-hydrogen) atoms. The summed E-state index contributed by atoms with van der Waals surface area (Å²) in [6.07, 6.45) is 0. The Morgan fingerprint density at radius 3 is 2.37 bits per heavy atom. The normalized spacial score (nSPS) is 11.8. The van der Waals surface area contributed by atoms with Crippen molar-refractivity contribution in [2.75, 3.05) is 14.2 Å². The largest absolute Gasteiger partial charge is 0.506 e. The Morgan fingerprint density at radius 1 is 1.11 bits per heavy atom. The van der Waals surface area contributed by atoms with E-state index >= 15 is 0 Å². The van der Waals surface area contributed by atoms with Gasteiger partial charge in [0, 0.05) is 11.5 Å². The predicted octanol–water partition coefficient (Wildman–Crippen LogP) is 2.74. The number of pyridine rings is 1. The number of aromatic amines is 1. The van der Waals surface area contributed by atoms with E-state index in [0.717, 1.165) is 5.56 Å². The number of carbonyl (C=O) groups excluding carboxylic acids is 1. The number of H-pyrrole nitrogens is 1. The van der Waals surface area contributed by atoms with Crippen molar-refractivity contribution in [3.63, 3.8) is 0 Å². The minimum Gasteiger partial charge on any atom is -0.506 e. The molecule has 3 N–H and O–H groups in total.